The van der Waals surface area contributed by atoms with Crippen LogP contribution in [0.4, 0.5) is 11.9 Å². The Kier molecular flexibility index (Phi) is 14.3. The fourth-order valence-electron chi connectivity index (χ4n) is 6.33. The quantitative estimate of drug-likeness (QED) is 0.0224. The molecule has 0 aromatic carbocycles. The van der Waals surface area contributed by atoms with Crippen molar-refractivity contribution in [1.82, 2.24) is 29.5 Å². The van der Waals surface area contributed by atoms with Crippen LogP contribution in [-0.4, -0.2) is 154 Å². The molecule has 0 bridgehead atoms. The monoisotopic (exact) mass is 936 g/mol. The number of phosphoric acid groups is 3. The van der Waals surface area contributed by atoms with Gasteiger partial charge in [0.1, 0.15) is 42.7 Å². The van der Waals surface area contributed by atoms with Crippen LogP contribution in [0.1, 0.15) is 12.5 Å². The number of hydrogen-bond acceptors (Lipinski definition) is 21. The minimum absolute atomic E-state index is 0.0384. The summed E-state index contributed by atoms with van der Waals surface area (Å²) in [4.78, 5) is 79.6. The lowest BCUT2D eigenvalue weighted by Gasteiger charge is -2.22. The molecule has 61 heavy (non-hydrogen) atoms. The van der Waals surface area contributed by atoms with Crippen LogP contribution < -0.4 is 31.7 Å². The van der Waals surface area contributed by atoms with E-state index in [1.165, 1.54) is 35.9 Å². The number of aliphatic hydroxyl groups is 3. The van der Waals surface area contributed by atoms with Gasteiger partial charge in [-0.1, -0.05) is 9.97 Å². The fourth-order valence-corrected chi connectivity index (χ4v) is 8.37. The van der Waals surface area contributed by atoms with Crippen molar-refractivity contribution in [1.29, 1.82) is 0 Å². The smallest absolute Gasteiger partial charge is 0.387 e. The molecular weight excluding hydrogens is 893 g/mol. The third-order valence-corrected chi connectivity index (χ3v) is 11.5. The number of nitrogens with zero attached hydrogens (tertiary/aromatic N) is 5. The van der Waals surface area contributed by atoms with E-state index in [2.05, 4.69) is 29.4 Å². The SMILES string of the molecule is COCCO[C@H]1C([n+]2cn(C)c3c(=O)[nH]c(N)nc32)O[C@H](COP(=O)(O)OCC(COP(=O)(O)OCC2O[C@@H]([n+]3c[nH]c4c(=O)[nH]c(N)nc43)[C@H](O)[C@@H]2O)OP(=O)(O)O)[C@H]1O. The summed E-state index contributed by atoms with van der Waals surface area (Å²) >= 11 is 0. The highest BCUT2D eigenvalue weighted by Crippen LogP contribution is 2.48. The van der Waals surface area contributed by atoms with Gasteiger partial charge in [0.25, 0.3) is 23.0 Å². The number of ether oxygens (including phenoxy) is 4. The van der Waals surface area contributed by atoms with Crippen LogP contribution in [0.2, 0.25) is 0 Å². The molecule has 0 aliphatic carbocycles. The molecular formula is C27H43N10O21P3+2. The number of fused-ring (bicyclic) bond motifs is 2. The average molecular weight is 937 g/mol. The normalized spacial score (nSPS) is 27.2. The Morgan fingerprint density at radius 1 is 0.820 bits per heavy atom. The molecule has 31 nitrogen and oxygen atoms in total. The van der Waals surface area contributed by atoms with Crippen LogP contribution in [-0.2, 0) is 62.3 Å². The van der Waals surface area contributed by atoms with E-state index in [9.17, 15) is 58.2 Å². The van der Waals surface area contributed by atoms with Gasteiger partial charge in [-0.25, -0.2) is 22.8 Å². The number of rotatable bonds is 20. The third kappa shape index (κ3) is 10.9. The van der Waals surface area contributed by atoms with Gasteiger partial charge in [-0.05, 0) is 0 Å². The molecule has 34 heteroatoms. The number of aromatic nitrogens is 8. The lowest BCUT2D eigenvalue weighted by Crippen LogP contribution is -2.47. The molecule has 0 saturated carbocycles. The first-order valence-corrected chi connectivity index (χ1v) is 22.1. The van der Waals surface area contributed by atoms with Crippen LogP contribution in [0.15, 0.2) is 22.2 Å². The summed E-state index contributed by atoms with van der Waals surface area (Å²) in [6.45, 7) is -4.17. The highest BCUT2D eigenvalue weighted by atomic mass is 31.2. The van der Waals surface area contributed by atoms with Crippen molar-refractivity contribution in [3.63, 3.8) is 0 Å². The summed E-state index contributed by atoms with van der Waals surface area (Å²) < 4.78 is 87.4. The largest absolute Gasteiger partial charge is 0.472 e. The first-order chi connectivity index (χ1) is 28.6. The number of anilines is 2. The molecule has 4 aromatic rings. The molecule has 0 radical (unpaired) electrons. The van der Waals surface area contributed by atoms with Gasteiger partial charge in [-0.3, -0.25) is 51.7 Å². The maximum Gasteiger partial charge on any atom is 0.472 e. The molecule has 0 amide bonds. The number of hydrogen-bond donors (Lipinski definition) is 12. The number of methoxy groups -OCH3 is 1. The summed E-state index contributed by atoms with van der Waals surface area (Å²) in [5.41, 5.74) is 10.1. The van der Waals surface area contributed by atoms with E-state index in [-0.39, 0.29) is 47.4 Å². The first-order valence-electron chi connectivity index (χ1n) is 17.6. The van der Waals surface area contributed by atoms with Gasteiger partial charge in [0.05, 0.1) is 46.7 Å². The molecule has 6 heterocycles. The fraction of sp³-hybridized carbons (Fsp3) is 0.630. The zero-order valence-corrected chi connectivity index (χ0v) is 34.4. The Balaban J connectivity index is 1.05. The van der Waals surface area contributed by atoms with E-state index >= 15 is 0 Å². The van der Waals surface area contributed by atoms with E-state index in [1.54, 1.807) is 0 Å². The molecule has 2 fully saturated rings. The number of nitrogens with one attached hydrogen (secondary N) is 3. The number of H-pyrrole nitrogens is 3. The van der Waals surface area contributed by atoms with E-state index in [1.807, 2.05) is 0 Å². The molecule has 340 valence electrons. The van der Waals surface area contributed by atoms with E-state index < -0.39 is 116 Å². The predicted molar refractivity (Wildman–Crippen MR) is 195 cm³/mol. The van der Waals surface area contributed by atoms with Gasteiger partial charge in [-0.15, -0.1) is 0 Å². The second-order valence-corrected chi connectivity index (χ2v) is 17.5. The summed E-state index contributed by atoms with van der Waals surface area (Å²) in [6.07, 6.45) is -11.2. The maximum atomic E-state index is 12.9. The number of aliphatic hydroxyl groups excluding tert-OH is 3. The van der Waals surface area contributed by atoms with Crippen LogP contribution in [0.3, 0.4) is 0 Å². The Morgan fingerprint density at radius 2 is 1.39 bits per heavy atom. The number of aryl methyl sites for hydroxylation is 1. The second-order valence-electron chi connectivity index (χ2n) is 13.4. The minimum Gasteiger partial charge on any atom is -0.387 e. The second kappa shape index (κ2) is 18.6. The molecule has 2 aliphatic rings. The predicted octanol–water partition coefficient (Wildman–Crippen LogP) is -5.08. The molecule has 2 saturated heterocycles. The third-order valence-electron chi connectivity index (χ3n) is 9.03. The minimum atomic E-state index is -5.43. The van der Waals surface area contributed by atoms with Crippen molar-refractivity contribution in [2.24, 2.45) is 7.05 Å². The average Bonchev–Trinajstić information content (AvgIpc) is 3.90. The van der Waals surface area contributed by atoms with E-state index in [4.69, 9.17) is 48.5 Å². The zero-order valence-electron chi connectivity index (χ0n) is 31.7. The molecule has 2 aliphatic heterocycles. The molecule has 14 N–H and O–H groups in total. The number of phosphoric ester groups is 3. The van der Waals surface area contributed by atoms with Crippen molar-refractivity contribution in [3.8, 4) is 0 Å². The van der Waals surface area contributed by atoms with Gasteiger partial charge in [0, 0.05) is 7.11 Å². The highest BCUT2D eigenvalue weighted by molar-refractivity contribution is 7.47. The Hall–Kier alpha value is -3.65. The molecule has 5 unspecified atom stereocenters. The number of nitrogen functional groups attached to an aromatic ring is 2. The highest BCUT2D eigenvalue weighted by Gasteiger charge is 2.50. The van der Waals surface area contributed by atoms with Gasteiger partial charge in [-0.2, -0.15) is 0 Å². The lowest BCUT2D eigenvalue weighted by molar-refractivity contribution is -0.746. The van der Waals surface area contributed by atoms with Crippen molar-refractivity contribution in [2.45, 2.75) is 55.2 Å². The molecule has 4 aromatic heterocycles. The molecule has 6 rings (SSSR count). The number of aromatic amines is 3. The van der Waals surface area contributed by atoms with Crippen LogP contribution in [0.25, 0.3) is 22.3 Å². The lowest BCUT2D eigenvalue weighted by atomic mass is 10.1. The molecule has 11 atom stereocenters. The van der Waals surface area contributed by atoms with Gasteiger partial charge in [0.2, 0.25) is 23.5 Å². The van der Waals surface area contributed by atoms with E-state index in [0.29, 0.717) is 0 Å². The van der Waals surface area contributed by atoms with Crippen molar-refractivity contribution in [2.75, 3.05) is 58.2 Å². The molecule has 0 spiro atoms. The van der Waals surface area contributed by atoms with Crippen molar-refractivity contribution < 1.29 is 99.3 Å². The van der Waals surface area contributed by atoms with Crippen LogP contribution in [0, 0.1) is 0 Å². The van der Waals surface area contributed by atoms with E-state index in [0.717, 1.165) is 4.57 Å². The zero-order chi connectivity index (χ0) is 44.6. The Morgan fingerprint density at radius 3 is 2.00 bits per heavy atom. The number of nitrogens with two attached hydrogens (primary N) is 2. The Bertz CT molecular complexity index is 2460. The van der Waals surface area contributed by atoms with Gasteiger partial charge in [0.15, 0.2) is 12.7 Å². The maximum absolute atomic E-state index is 12.9. The summed E-state index contributed by atoms with van der Waals surface area (Å²) in [6, 6.07) is 0. The van der Waals surface area contributed by atoms with Crippen molar-refractivity contribution >= 4 is 57.7 Å². The van der Waals surface area contributed by atoms with Gasteiger partial charge >= 0.3 is 34.8 Å². The van der Waals surface area contributed by atoms with Crippen LogP contribution in [0.5, 0.6) is 0 Å². The summed E-state index contributed by atoms with van der Waals surface area (Å²) in [5, 5.41) is 32.3. The van der Waals surface area contributed by atoms with Crippen molar-refractivity contribution in [3.05, 3.63) is 33.4 Å². The standard InChI is InChI=1S/C27H41N10O21P3/c1-35-10-37(21-15(35)23(42)34-27(29)32-21)25-19(51-4-3-50-2)17(39)13(57-25)8-55-61(48,49)53-6-11(58-59(43,44)45)5-52-60(46,47)54-7-12-16(38)18(40)24(56-12)36-9-30-14-20(36)31-26(28)33-22(14)41/h9-13,16-19,24-25,38-40H,3-8H2,1-2H3,(H9-,28,29,31,32,33,34,41,42,43,44,45,46,47,48,49)/p+2/t11?,12?,13-,16-,17-,18-,19-,24-,25?/m1/s1. The Labute approximate surface area is 340 Å². The first kappa shape index (κ1) is 46.8. The number of imidazole rings is 2. The topological polar surface area (TPSA) is 448 Å². The van der Waals surface area contributed by atoms with Gasteiger partial charge < -0.3 is 65.3 Å². The summed E-state index contributed by atoms with van der Waals surface area (Å²) in [5.74, 6) is -0.501. The summed E-state index contributed by atoms with van der Waals surface area (Å²) in [7, 11) is -12.9. The van der Waals surface area contributed by atoms with Crippen LogP contribution >= 0.6 is 23.5 Å².